The Labute approximate surface area is 108 Å². The van der Waals surface area contributed by atoms with Crippen molar-refractivity contribution in [1.29, 1.82) is 0 Å². The van der Waals surface area contributed by atoms with Crippen LogP contribution in [0, 0.1) is 0 Å². The number of ether oxygens (including phenoxy) is 1. The van der Waals surface area contributed by atoms with Gasteiger partial charge >= 0.3 is 5.97 Å². The molecule has 1 unspecified atom stereocenters. The molecule has 0 saturated carbocycles. The zero-order valence-electron chi connectivity index (χ0n) is 11.1. The highest BCUT2D eigenvalue weighted by Crippen LogP contribution is 2.23. The van der Waals surface area contributed by atoms with Crippen molar-refractivity contribution in [3.05, 3.63) is 47.5 Å². The Morgan fingerprint density at radius 3 is 2.50 bits per heavy atom. The van der Waals surface area contributed by atoms with Crippen LogP contribution in [0.2, 0.25) is 0 Å². The number of aliphatic hydroxyl groups is 1. The number of aliphatic hydroxyl groups excluding tert-OH is 1. The molecular weight excluding hydrogens is 228 g/mol. The first-order valence-corrected chi connectivity index (χ1v) is 6.00. The highest BCUT2D eigenvalue weighted by Gasteiger charge is 2.27. The Morgan fingerprint density at radius 1 is 1.39 bits per heavy atom. The van der Waals surface area contributed by atoms with Crippen LogP contribution in [0.5, 0.6) is 0 Å². The molecule has 1 atom stereocenters. The molecule has 0 radical (unpaired) electrons. The third kappa shape index (κ3) is 3.44. The molecule has 3 nitrogen and oxygen atoms in total. The van der Waals surface area contributed by atoms with Gasteiger partial charge < -0.3 is 9.84 Å². The lowest BCUT2D eigenvalue weighted by Gasteiger charge is -2.27. The maximum Gasteiger partial charge on any atom is 0.333 e. The van der Waals surface area contributed by atoms with Crippen molar-refractivity contribution < 1.29 is 14.6 Å². The number of hydrogen-bond acceptors (Lipinski definition) is 3. The third-order valence-corrected chi connectivity index (χ3v) is 3.10. The van der Waals surface area contributed by atoms with E-state index in [2.05, 4.69) is 0 Å². The second kappa shape index (κ2) is 6.36. The first-order valence-electron chi connectivity index (χ1n) is 6.00. The molecule has 0 aliphatic heterocycles. The summed E-state index contributed by atoms with van der Waals surface area (Å²) in [6, 6.07) is 9.57. The van der Waals surface area contributed by atoms with Crippen molar-refractivity contribution in [2.24, 2.45) is 0 Å². The molecule has 0 saturated heterocycles. The normalized spacial score (nSPS) is 15.0. The molecule has 3 heteroatoms. The fourth-order valence-electron chi connectivity index (χ4n) is 1.52. The van der Waals surface area contributed by atoms with Gasteiger partial charge in [-0.1, -0.05) is 43.3 Å². The summed E-state index contributed by atoms with van der Waals surface area (Å²) < 4.78 is 5.24. The summed E-state index contributed by atoms with van der Waals surface area (Å²) in [7, 11) is 0. The first-order chi connectivity index (χ1) is 8.53. The predicted octanol–water partition coefficient (Wildman–Crippen LogP) is 2.45. The summed E-state index contributed by atoms with van der Waals surface area (Å²) in [5.41, 5.74) is 0.965. The van der Waals surface area contributed by atoms with Gasteiger partial charge in [0.05, 0.1) is 6.61 Å². The van der Waals surface area contributed by atoms with E-state index in [-0.39, 0.29) is 19.2 Å². The Balaban J connectivity index is 2.76. The number of carbonyl (C=O) groups is 1. The predicted molar refractivity (Wildman–Crippen MR) is 71.3 cm³/mol. The molecule has 0 aromatic heterocycles. The lowest BCUT2D eigenvalue weighted by molar-refractivity contribution is -0.141. The summed E-state index contributed by atoms with van der Waals surface area (Å²) >= 11 is 0. The molecular formula is C15H20O3. The van der Waals surface area contributed by atoms with Crippen LogP contribution in [0.3, 0.4) is 0 Å². The SMILES string of the molecule is CC=C(C)C(=O)OCC(C)(CO)c1ccccc1. The largest absolute Gasteiger partial charge is 0.461 e. The van der Waals surface area contributed by atoms with E-state index < -0.39 is 5.41 Å². The van der Waals surface area contributed by atoms with E-state index in [1.165, 1.54) is 0 Å². The molecule has 0 amide bonds. The lowest BCUT2D eigenvalue weighted by atomic mass is 9.84. The van der Waals surface area contributed by atoms with Gasteiger partial charge in [0.25, 0.3) is 0 Å². The van der Waals surface area contributed by atoms with E-state index in [4.69, 9.17) is 4.74 Å². The van der Waals surface area contributed by atoms with Crippen molar-refractivity contribution >= 4 is 5.97 Å². The molecule has 1 aromatic rings. The van der Waals surface area contributed by atoms with Crippen LogP contribution < -0.4 is 0 Å². The molecule has 98 valence electrons. The standard InChI is InChI=1S/C15H20O3/c1-4-12(2)14(17)18-11-15(3,10-16)13-8-6-5-7-9-13/h4-9,16H,10-11H2,1-3H3. The fraction of sp³-hybridized carbons (Fsp3) is 0.400. The van der Waals surface area contributed by atoms with Crippen LogP contribution in [-0.4, -0.2) is 24.3 Å². The van der Waals surface area contributed by atoms with Gasteiger partial charge in [-0.3, -0.25) is 0 Å². The van der Waals surface area contributed by atoms with Gasteiger partial charge in [-0.15, -0.1) is 0 Å². The number of rotatable bonds is 5. The summed E-state index contributed by atoms with van der Waals surface area (Å²) in [6.45, 7) is 5.47. The lowest BCUT2D eigenvalue weighted by Crippen LogP contribution is -2.33. The molecule has 1 aromatic carbocycles. The Morgan fingerprint density at radius 2 is 2.00 bits per heavy atom. The van der Waals surface area contributed by atoms with Crippen LogP contribution >= 0.6 is 0 Å². The second-order valence-corrected chi connectivity index (χ2v) is 4.63. The number of esters is 1. The maximum atomic E-state index is 11.6. The minimum Gasteiger partial charge on any atom is -0.461 e. The molecule has 0 aliphatic rings. The maximum absolute atomic E-state index is 11.6. The molecule has 0 spiro atoms. The summed E-state index contributed by atoms with van der Waals surface area (Å²) in [5.74, 6) is -0.340. The average Bonchev–Trinajstić information content (AvgIpc) is 2.44. The number of carbonyl (C=O) groups excluding carboxylic acids is 1. The monoisotopic (exact) mass is 248 g/mol. The van der Waals surface area contributed by atoms with E-state index in [0.29, 0.717) is 5.57 Å². The zero-order valence-corrected chi connectivity index (χ0v) is 11.1. The van der Waals surface area contributed by atoms with Gasteiger partial charge in [0.2, 0.25) is 0 Å². The molecule has 18 heavy (non-hydrogen) atoms. The minimum atomic E-state index is -0.565. The van der Waals surface area contributed by atoms with E-state index in [0.717, 1.165) is 5.56 Å². The van der Waals surface area contributed by atoms with Crippen molar-refractivity contribution in [3.63, 3.8) is 0 Å². The highest BCUT2D eigenvalue weighted by molar-refractivity contribution is 5.87. The van der Waals surface area contributed by atoms with E-state index >= 15 is 0 Å². The molecule has 0 aliphatic carbocycles. The zero-order chi connectivity index (χ0) is 13.6. The van der Waals surface area contributed by atoms with Gasteiger partial charge in [-0.2, -0.15) is 0 Å². The molecule has 1 N–H and O–H groups in total. The topological polar surface area (TPSA) is 46.5 Å². The minimum absolute atomic E-state index is 0.0703. The molecule has 0 fully saturated rings. The van der Waals surface area contributed by atoms with Crippen molar-refractivity contribution in [2.45, 2.75) is 26.2 Å². The summed E-state index contributed by atoms with van der Waals surface area (Å²) in [5, 5.41) is 9.54. The van der Waals surface area contributed by atoms with Crippen LogP contribution in [0.25, 0.3) is 0 Å². The van der Waals surface area contributed by atoms with Crippen molar-refractivity contribution in [2.75, 3.05) is 13.2 Å². The third-order valence-electron chi connectivity index (χ3n) is 3.10. The fourth-order valence-corrected chi connectivity index (χ4v) is 1.52. The van der Waals surface area contributed by atoms with E-state index in [1.807, 2.05) is 37.3 Å². The Kier molecular flexibility index (Phi) is 5.10. The van der Waals surface area contributed by atoms with Crippen LogP contribution in [0.15, 0.2) is 42.0 Å². The van der Waals surface area contributed by atoms with Gasteiger partial charge in [0, 0.05) is 11.0 Å². The Hall–Kier alpha value is -1.61. The van der Waals surface area contributed by atoms with Crippen LogP contribution in [0.4, 0.5) is 0 Å². The molecule has 0 heterocycles. The second-order valence-electron chi connectivity index (χ2n) is 4.63. The molecule has 1 rings (SSSR count). The van der Waals surface area contributed by atoms with Crippen molar-refractivity contribution in [3.8, 4) is 0 Å². The first kappa shape index (κ1) is 14.5. The van der Waals surface area contributed by atoms with Crippen molar-refractivity contribution in [1.82, 2.24) is 0 Å². The quantitative estimate of drug-likeness (QED) is 0.643. The number of allylic oxidation sites excluding steroid dienone is 1. The number of hydrogen-bond donors (Lipinski definition) is 1. The van der Waals surface area contributed by atoms with E-state index in [9.17, 15) is 9.90 Å². The average molecular weight is 248 g/mol. The highest BCUT2D eigenvalue weighted by atomic mass is 16.5. The smallest absolute Gasteiger partial charge is 0.333 e. The summed E-state index contributed by atoms with van der Waals surface area (Å²) in [4.78, 5) is 11.6. The number of benzene rings is 1. The van der Waals surface area contributed by atoms with E-state index in [1.54, 1.807) is 19.9 Å². The van der Waals surface area contributed by atoms with Gasteiger partial charge in [-0.25, -0.2) is 4.79 Å². The van der Waals surface area contributed by atoms with Crippen LogP contribution in [-0.2, 0) is 14.9 Å². The Bertz CT molecular complexity index is 423. The van der Waals surface area contributed by atoms with Gasteiger partial charge in [-0.05, 0) is 19.4 Å². The van der Waals surface area contributed by atoms with Gasteiger partial charge in [0.15, 0.2) is 0 Å². The van der Waals surface area contributed by atoms with Gasteiger partial charge in [0.1, 0.15) is 6.61 Å². The summed E-state index contributed by atoms with van der Waals surface area (Å²) in [6.07, 6.45) is 1.71. The molecule has 0 bridgehead atoms. The van der Waals surface area contributed by atoms with Crippen LogP contribution in [0.1, 0.15) is 26.3 Å².